The van der Waals surface area contributed by atoms with Crippen LogP contribution in [0.25, 0.3) is 0 Å². The number of hydrogen-bond acceptors (Lipinski definition) is 3. The zero-order valence-electron chi connectivity index (χ0n) is 9.02. The van der Waals surface area contributed by atoms with Crippen molar-refractivity contribution >= 4 is 11.5 Å². The lowest BCUT2D eigenvalue weighted by molar-refractivity contribution is -0.120. The molecule has 0 amide bonds. The molecule has 1 aliphatic rings. The van der Waals surface area contributed by atoms with Crippen LogP contribution in [-0.2, 0) is 4.79 Å². The molecule has 0 spiro atoms. The van der Waals surface area contributed by atoms with Crippen LogP contribution in [0.15, 0.2) is 24.5 Å². The van der Waals surface area contributed by atoms with Gasteiger partial charge in [0.05, 0.1) is 0 Å². The standard InChI is InChI=1S/C12H16N2O/c1-14(11-6-8-13-9-7-11)10-2-4-12(15)5-3-10/h6-10H,2-5H2,1H3. The highest BCUT2D eigenvalue weighted by molar-refractivity contribution is 5.79. The monoisotopic (exact) mass is 204 g/mol. The van der Waals surface area contributed by atoms with Crippen molar-refractivity contribution in [1.82, 2.24) is 4.98 Å². The average Bonchev–Trinajstić information content (AvgIpc) is 2.30. The predicted octanol–water partition coefficient (Wildman–Crippen LogP) is 2.03. The zero-order valence-corrected chi connectivity index (χ0v) is 9.02. The fourth-order valence-corrected chi connectivity index (χ4v) is 2.10. The number of ketones is 1. The van der Waals surface area contributed by atoms with Crippen LogP contribution in [0.5, 0.6) is 0 Å². The number of hydrogen-bond donors (Lipinski definition) is 0. The van der Waals surface area contributed by atoms with Crippen molar-refractivity contribution in [2.24, 2.45) is 0 Å². The van der Waals surface area contributed by atoms with Crippen LogP contribution in [0, 0.1) is 0 Å². The van der Waals surface area contributed by atoms with E-state index < -0.39 is 0 Å². The minimum absolute atomic E-state index is 0.411. The van der Waals surface area contributed by atoms with Crippen LogP contribution in [0.4, 0.5) is 5.69 Å². The van der Waals surface area contributed by atoms with Gasteiger partial charge in [-0.2, -0.15) is 0 Å². The van der Waals surface area contributed by atoms with Crippen molar-refractivity contribution < 1.29 is 4.79 Å². The highest BCUT2D eigenvalue weighted by Gasteiger charge is 2.22. The number of carbonyl (C=O) groups excluding carboxylic acids is 1. The Morgan fingerprint density at radius 3 is 2.47 bits per heavy atom. The molecular weight excluding hydrogens is 188 g/mol. The van der Waals surface area contributed by atoms with E-state index in [0.29, 0.717) is 11.8 Å². The maximum Gasteiger partial charge on any atom is 0.133 e. The van der Waals surface area contributed by atoms with Crippen molar-refractivity contribution in [1.29, 1.82) is 0 Å². The first-order chi connectivity index (χ1) is 7.27. The Morgan fingerprint density at radius 1 is 1.27 bits per heavy atom. The number of rotatable bonds is 2. The topological polar surface area (TPSA) is 33.2 Å². The molecule has 1 saturated carbocycles. The Balaban J connectivity index is 2.02. The molecule has 0 N–H and O–H groups in total. The van der Waals surface area contributed by atoms with Gasteiger partial charge in [-0.1, -0.05) is 0 Å². The Kier molecular flexibility index (Phi) is 2.99. The predicted molar refractivity (Wildman–Crippen MR) is 59.9 cm³/mol. The van der Waals surface area contributed by atoms with Crippen LogP contribution in [0.2, 0.25) is 0 Å². The minimum atomic E-state index is 0.411. The van der Waals surface area contributed by atoms with Gasteiger partial charge in [0.1, 0.15) is 5.78 Å². The molecule has 0 saturated heterocycles. The fourth-order valence-electron chi connectivity index (χ4n) is 2.10. The summed E-state index contributed by atoms with van der Waals surface area (Å²) in [4.78, 5) is 17.4. The van der Waals surface area contributed by atoms with Crippen LogP contribution in [0.1, 0.15) is 25.7 Å². The van der Waals surface area contributed by atoms with Gasteiger partial charge in [-0.3, -0.25) is 9.78 Å². The highest BCUT2D eigenvalue weighted by atomic mass is 16.1. The summed E-state index contributed by atoms with van der Waals surface area (Å²) < 4.78 is 0. The lowest BCUT2D eigenvalue weighted by Gasteiger charge is -2.32. The summed E-state index contributed by atoms with van der Waals surface area (Å²) in [6.07, 6.45) is 7.05. The summed E-state index contributed by atoms with van der Waals surface area (Å²) >= 11 is 0. The number of anilines is 1. The third-order valence-electron chi connectivity index (χ3n) is 3.13. The average molecular weight is 204 g/mol. The first kappa shape index (κ1) is 10.1. The molecule has 0 atom stereocenters. The van der Waals surface area contributed by atoms with Gasteiger partial charge in [-0.15, -0.1) is 0 Å². The van der Waals surface area contributed by atoms with Gasteiger partial charge in [0.15, 0.2) is 0 Å². The smallest absolute Gasteiger partial charge is 0.133 e. The van der Waals surface area contributed by atoms with Gasteiger partial charge in [-0.05, 0) is 25.0 Å². The van der Waals surface area contributed by atoms with E-state index in [1.807, 2.05) is 12.1 Å². The molecule has 3 nitrogen and oxygen atoms in total. The van der Waals surface area contributed by atoms with E-state index in [-0.39, 0.29) is 0 Å². The van der Waals surface area contributed by atoms with Crippen LogP contribution >= 0.6 is 0 Å². The second-order valence-corrected chi connectivity index (χ2v) is 4.09. The molecule has 0 radical (unpaired) electrons. The van der Waals surface area contributed by atoms with Crippen molar-refractivity contribution in [2.45, 2.75) is 31.7 Å². The van der Waals surface area contributed by atoms with Crippen molar-refractivity contribution in [3.8, 4) is 0 Å². The molecule has 0 aromatic carbocycles. The maximum atomic E-state index is 11.1. The quantitative estimate of drug-likeness (QED) is 0.739. The van der Waals surface area contributed by atoms with Crippen LogP contribution in [0.3, 0.4) is 0 Å². The normalized spacial score (nSPS) is 17.8. The SMILES string of the molecule is CN(c1ccncc1)C1CCC(=O)CC1. The minimum Gasteiger partial charge on any atom is -0.371 e. The molecule has 80 valence electrons. The molecule has 1 heterocycles. The summed E-state index contributed by atoms with van der Waals surface area (Å²) in [5, 5.41) is 0. The van der Waals surface area contributed by atoms with Crippen LogP contribution in [-0.4, -0.2) is 23.9 Å². The molecule has 2 rings (SSSR count). The van der Waals surface area contributed by atoms with Crippen molar-refractivity contribution in [3.05, 3.63) is 24.5 Å². The molecule has 0 unspecified atom stereocenters. The second kappa shape index (κ2) is 4.43. The van der Waals surface area contributed by atoms with Crippen LogP contribution < -0.4 is 4.90 Å². The molecule has 3 heteroatoms. The van der Waals surface area contributed by atoms with E-state index in [2.05, 4.69) is 16.9 Å². The molecular formula is C12H16N2O. The van der Waals surface area contributed by atoms with Gasteiger partial charge >= 0.3 is 0 Å². The summed E-state index contributed by atoms with van der Waals surface area (Å²) in [7, 11) is 2.09. The van der Waals surface area contributed by atoms with E-state index in [1.54, 1.807) is 12.4 Å². The zero-order chi connectivity index (χ0) is 10.7. The van der Waals surface area contributed by atoms with E-state index in [4.69, 9.17) is 0 Å². The highest BCUT2D eigenvalue weighted by Crippen LogP contribution is 2.23. The third kappa shape index (κ3) is 2.35. The fraction of sp³-hybridized carbons (Fsp3) is 0.500. The molecule has 1 aliphatic carbocycles. The number of pyridine rings is 1. The lowest BCUT2D eigenvalue weighted by Crippen LogP contribution is -2.35. The van der Waals surface area contributed by atoms with E-state index in [9.17, 15) is 4.79 Å². The first-order valence-electron chi connectivity index (χ1n) is 5.42. The van der Waals surface area contributed by atoms with Gasteiger partial charge in [0.25, 0.3) is 0 Å². The largest absolute Gasteiger partial charge is 0.371 e. The number of aromatic nitrogens is 1. The maximum absolute atomic E-state index is 11.1. The van der Waals surface area contributed by atoms with Gasteiger partial charge in [0, 0.05) is 44.0 Å². The number of carbonyl (C=O) groups is 1. The summed E-state index contributed by atoms with van der Waals surface area (Å²) in [6, 6.07) is 4.53. The molecule has 1 aromatic rings. The lowest BCUT2D eigenvalue weighted by atomic mass is 9.93. The van der Waals surface area contributed by atoms with E-state index in [1.165, 1.54) is 5.69 Å². The second-order valence-electron chi connectivity index (χ2n) is 4.09. The Bertz CT molecular complexity index is 327. The first-order valence-corrected chi connectivity index (χ1v) is 5.42. The van der Waals surface area contributed by atoms with Crippen molar-refractivity contribution in [3.63, 3.8) is 0 Å². The summed E-state index contributed by atoms with van der Waals surface area (Å²) in [6.45, 7) is 0. The summed E-state index contributed by atoms with van der Waals surface area (Å²) in [5.41, 5.74) is 1.18. The third-order valence-corrected chi connectivity index (χ3v) is 3.13. The molecule has 1 aromatic heterocycles. The van der Waals surface area contributed by atoms with Gasteiger partial charge in [0.2, 0.25) is 0 Å². The van der Waals surface area contributed by atoms with E-state index in [0.717, 1.165) is 25.7 Å². The molecule has 0 bridgehead atoms. The molecule has 15 heavy (non-hydrogen) atoms. The Hall–Kier alpha value is -1.38. The number of Topliss-reactive ketones (excluding diaryl/α,β-unsaturated/α-hetero) is 1. The number of nitrogens with zero attached hydrogens (tertiary/aromatic N) is 2. The summed E-state index contributed by atoms with van der Waals surface area (Å²) in [5.74, 6) is 0.411. The van der Waals surface area contributed by atoms with Crippen molar-refractivity contribution in [2.75, 3.05) is 11.9 Å². The van der Waals surface area contributed by atoms with Gasteiger partial charge < -0.3 is 4.90 Å². The molecule has 0 aliphatic heterocycles. The molecule has 1 fully saturated rings. The Morgan fingerprint density at radius 2 is 1.87 bits per heavy atom. The van der Waals surface area contributed by atoms with Gasteiger partial charge in [-0.25, -0.2) is 0 Å². The Labute approximate surface area is 90.1 Å². The van der Waals surface area contributed by atoms with E-state index >= 15 is 0 Å².